The summed E-state index contributed by atoms with van der Waals surface area (Å²) < 4.78 is 6.42. The maximum Gasteiger partial charge on any atom is 0.151 e. The van der Waals surface area contributed by atoms with Gasteiger partial charge in [0.1, 0.15) is 6.61 Å². The average molecular weight is 629 g/mol. The summed E-state index contributed by atoms with van der Waals surface area (Å²) in [6.07, 6.45) is -0.582. The van der Waals surface area contributed by atoms with Gasteiger partial charge in [0, 0.05) is 11.4 Å². The molecule has 0 aliphatic rings. The highest BCUT2D eigenvalue weighted by atomic mass is 16.5. The van der Waals surface area contributed by atoms with Crippen molar-refractivity contribution in [3.8, 4) is 16.9 Å². The lowest BCUT2D eigenvalue weighted by atomic mass is 9.96. The Morgan fingerprint density at radius 1 is 0.583 bits per heavy atom. The van der Waals surface area contributed by atoms with Gasteiger partial charge in [-0.15, -0.1) is 0 Å². The number of nitrogens with two attached hydrogens (primary N) is 2. The maximum atomic E-state index is 6.80. The van der Waals surface area contributed by atoms with Crippen molar-refractivity contribution in [3.05, 3.63) is 180 Å². The topological polar surface area (TPSA) is 85.3 Å². The van der Waals surface area contributed by atoms with Gasteiger partial charge >= 0.3 is 0 Å². The lowest BCUT2D eigenvalue weighted by Crippen LogP contribution is -2.41. The van der Waals surface area contributed by atoms with E-state index in [9.17, 15) is 0 Å². The fourth-order valence-corrected chi connectivity index (χ4v) is 6.32. The molecule has 0 radical (unpaired) electrons. The summed E-state index contributed by atoms with van der Waals surface area (Å²) in [7, 11) is 0. The van der Waals surface area contributed by atoms with Crippen LogP contribution in [0.4, 0.5) is 5.69 Å². The third-order valence-electron chi connectivity index (χ3n) is 9.01. The first kappa shape index (κ1) is 31.2. The molecule has 0 fully saturated rings. The van der Waals surface area contributed by atoms with Crippen LogP contribution in [0.15, 0.2) is 158 Å². The predicted molar refractivity (Wildman–Crippen MR) is 199 cm³/mol. The zero-order valence-electron chi connectivity index (χ0n) is 27.0. The van der Waals surface area contributed by atoms with E-state index >= 15 is 0 Å². The zero-order valence-corrected chi connectivity index (χ0v) is 27.0. The van der Waals surface area contributed by atoms with Crippen LogP contribution in [0, 0.1) is 0 Å². The van der Waals surface area contributed by atoms with E-state index in [1.54, 1.807) is 0 Å². The van der Waals surface area contributed by atoms with E-state index in [0.717, 1.165) is 49.4 Å². The number of anilines is 1. The van der Waals surface area contributed by atoms with Crippen LogP contribution in [-0.2, 0) is 6.61 Å². The van der Waals surface area contributed by atoms with Gasteiger partial charge in [0.05, 0.1) is 18.0 Å². The van der Waals surface area contributed by atoms with Crippen LogP contribution in [-0.4, -0.2) is 0 Å². The van der Waals surface area contributed by atoms with Crippen molar-refractivity contribution in [2.24, 2.45) is 5.73 Å². The molecule has 3 unspecified atom stereocenters. The molecule has 0 saturated carbocycles. The summed E-state index contributed by atoms with van der Waals surface area (Å²) in [5.41, 5.74) is 20.7. The first-order chi connectivity index (χ1) is 23.5. The Balaban J connectivity index is 1.17. The second-order valence-corrected chi connectivity index (χ2v) is 12.3. The second kappa shape index (κ2) is 14.1. The van der Waals surface area contributed by atoms with Gasteiger partial charge in [-0.2, -0.15) is 0 Å². The minimum Gasteiger partial charge on any atom is -0.486 e. The van der Waals surface area contributed by atoms with E-state index in [0.29, 0.717) is 18.0 Å². The van der Waals surface area contributed by atoms with Crippen molar-refractivity contribution in [2.75, 3.05) is 5.73 Å². The molecule has 5 nitrogen and oxygen atoms in total. The standard InChI is InChI=1S/C43H40N4O/c1-29(46-43(36-15-9-4-10-16-36)47-42(45)35-22-17-32(18-23-35)31-13-7-3-8-14-31)37-24-20-33-19-21-34-25-26-39(44)41(40(34)38(33)27-37)48-28-30-11-5-2-6-12-30/h2-27,29,42-43,46-47H,28,44-45H2,1H3. The molecule has 0 bridgehead atoms. The fraction of sp³-hybridized carbons (Fsp3) is 0.116. The van der Waals surface area contributed by atoms with Gasteiger partial charge in [0.2, 0.25) is 0 Å². The summed E-state index contributed by atoms with van der Waals surface area (Å²) in [5, 5.41) is 11.8. The van der Waals surface area contributed by atoms with Crippen LogP contribution in [0.3, 0.4) is 0 Å². The molecule has 7 aromatic carbocycles. The highest BCUT2D eigenvalue weighted by Crippen LogP contribution is 2.39. The van der Waals surface area contributed by atoms with Crippen LogP contribution in [0.5, 0.6) is 5.75 Å². The summed E-state index contributed by atoms with van der Waals surface area (Å²) in [4.78, 5) is 0. The second-order valence-electron chi connectivity index (χ2n) is 12.3. The molecule has 238 valence electrons. The summed E-state index contributed by atoms with van der Waals surface area (Å²) >= 11 is 0. The fourth-order valence-electron chi connectivity index (χ4n) is 6.32. The van der Waals surface area contributed by atoms with Crippen molar-refractivity contribution in [1.82, 2.24) is 10.6 Å². The quantitative estimate of drug-likeness (QED) is 0.0652. The minimum absolute atomic E-state index is 0.00948. The smallest absolute Gasteiger partial charge is 0.151 e. The first-order valence-corrected chi connectivity index (χ1v) is 16.4. The number of ether oxygens (including phenoxy) is 1. The van der Waals surface area contributed by atoms with E-state index in [1.807, 2.05) is 36.4 Å². The number of hydrogen-bond acceptors (Lipinski definition) is 5. The first-order valence-electron chi connectivity index (χ1n) is 16.4. The largest absolute Gasteiger partial charge is 0.486 e. The molecule has 7 aromatic rings. The van der Waals surface area contributed by atoms with Gasteiger partial charge in [0.25, 0.3) is 0 Å². The molecular formula is C43H40N4O. The number of nitrogen functional groups attached to an aromatic ring is 1. The minimum atomic E-state index is -0.382. The maximum absolute atomic E-state index is 6.80. The third kappa shape index (κ3) is 6.80. The Bertz CT molecular complexity index is 2120. The van der Waals surface area contributed by atoms with Crippen LogP contribution in [0.1, 0.15) is 47.6 Å². The van der Waals surface area contributed by atoms with E-state index in [2.05, 4.69) is 139 Å². The summed E-state index contributed by atoms with van der Waals surface area (Å²) in [6.45, 7) is 2.63. The van der Waals surface area contributed by atoms with E-state index < -0.39 is 0 Å². The molecule has 6 N–H and O–H groups in total. The van der Waals surface area contributed by atoms with Crippen molar-refractivity contribution in [3.63, 3.8) is 0 Å². The van der Waals surface area contributed by atoms with Crippen LogP contribution >= 0.6 is 0 Å². The monoisotopic (exact) mass is 628 g/mol. The van der Waals surface area contributed by atoms with Crippen molar-refractivity contribution in [1.29, 1.82) is 0 Å². The third-order valence-corrected chi connectivity index (χ3v) is 9.01. The van der Waals surface area contributed by atoms with Gasteiger partial charge < -0.3 is 16.2 Å². The number of rotatable bonds is 11. The Morgan fingerprint density at radius 3 is 1.90 bits per heavy atom. The molecule has 7 rings (SSSR count). The van der Waals surface area contributed by atoms with E-state index in [4.69, 9.17) is 16.2 Å². The number of nitrogens with one attached hydrogen (secondary N) is 2. The Labute approximate surface area is 282 Å². The van der Waals surface area contributed by atoms with Crippen molar-refractivity contribution < 1.29 is 4.74 Å². The van der Waals surface area contributed by atoms with Gasteiger partial charge in [-0.1, -0.05) is 146 Å². The van der Waals surface area contributed by atoms with Crippen LogP contribution < -0.4 is 26.8 Å². The SMILES string of the molecule is CC(NC(NC(N)c1ccc(-c2ccccc2)cc1)c1ccccc1)c1ccc2ccc3ccc(N)c(OCc4ccccc4)c3c2c1. The highest BCUT2D eigenvalue weighted by molar-refractivity contribution is 6.12. The Hall–Kier alpha value is -5.46. The molecule has 0 aliphatic heterocycles. The van der Waals surface area contributed by atoms with Gasteiger partial charge in [-0.3, -0.25) is 10.6 Å². The van der Waals surface area contributed by atoms with Crippen molar-refractivity contribution in [2.45, 2.75) is 31.9 Å². The van der Waals surface area contributed by atoms with Gasteiger partial charge in [-0.05, 0) is 68.6 Å². The molecule has 0 spiro atoms. The van der Waals surface area contributed by atoms with E-state index in [1.165, 1.54) is 5.56 Å². The van der Waals surface area contributed by atoms with Gasteiger partial charge in [0.15, 0.2) is 5.75 Å². The molecule has 48 heavy (non-hydrogen) atoms. The highest BCUT2D eigenvalue weighted by Gasteiger charge is 2.20. The molecule has 3 atom stereocenters. The molecule has 0 aromatic heterocycles. The lowest BCUT2D eigenvalue weighted by Gasteiger charge is -2.28. The number of fused-ring (bicyclic) bond motifs is 3. The zero-order chi connectivity index (χ0) is 32.9. The Kier molecular flexibility index (Phi) is 9.16. The van der Waals surface area contributed by atoms with E-state index in [-0.39, 0.29) is 18.4 Å². The van der Waals surface area contributed by atoms with Crippen LogP contribution in [0.25, 0.3) is 32.7 Å². The molecular weight excluding hydrogens is 589 g/mol. The average Bonchev–Trinajstić information content (AvgIpc) is 3.15. The summed E-state index contributed by atoms with van der Waals surface area (Å²) in [6, 6.07) is 54.3. The predicted octanol–water partition coefficient (Wildman–Crippen LogP) is 9.42. The van der Waals surface area contributed by atoms with Crippen molar-refractivity contribution >= 4 is 27.2 Å². The number of hydrogen-bond donors (Lipinski definition) is 4. The molecule has 0 aliphatic carbocycles. The van der Waals surface area contributed by atoms with Crippen LogP contribution in [0.2, 0.25) is 0 Å². The Morgan fingerprint density at radius 2 is 1.17 bits per heavy atom. The number of benzene rings is 7. The molecule has 0 saturated heterocycles. The lowest BCUT2D eigenvalue weighted by molar-refractivity contribution is 0.312. The molecule has 0 amide bonds. The van der Waals surface area contributed by atoms with Gasteiger partial charge in [-0.25, -0.2) is 0 Å². The summed E-state index contributed by atoms with van der Waals surface area (Å²) in [5.74, 6) is 0.716. The molecule has 5 heteroatoms. The molecule has 0 heterocycles. The normalized spacial score (nSPS) is 13.3.